The van der Waals surface area contributed by atoms with Crippen LogP contribution in [0.4, 0.5) is 0 Å². The van der Waals surface area contributed by atoms with Gasteiger partial charge in [-0.2, -0.15) is 5.26 Å². The molecule has 2 rings (SSSR count). The number of aryl methyl sites for hydroxylation is 2. The van der Waals surface area contributed by atoms with Crippen LogP contribution in [0, 0.1) is 18.3 Å². The minimum atomic E-state index is -0.227. The van der Waals surface area contributed by atoms with Crippen molar-refractivity contribution in [3.63, 3.8) is 0 Å². The highest BCUT2D eigenvalue weighted by atomic mass is 16.5. The average Bonchev–Trinajstić information content (AvgIpc) is 2.54. The van der Waals surface area contributed by atoms with Crippen LogP contribution in [0.2, 0.25) is 0 Å². The van der Waals surface area contributed by atoms with Gasteiger partial charge in [0.2, 0.25) is 0 Å². The molecule has 0 fully saturated rings. The summed E-state index contributed by atoms with van der Waals surface area (Å²) in [5.41, 5.74) is 2.09. The molecule has 0 spiro atoms. The van der Waals surface area contributed by atoms with E-state index in [1.807, 2.05) is 25.1 Å². The van der Waals surface area contributed by atoms with E-state index in [9.17, 15) is 4.79 Å². The van der Waals surface area contributed by atoms with E-state index in [-0.39, 0.29) is 11.1 Å². The zero-order valence-electron chi connectivity index (χ0n) is 13.0. The number of aromatic nitrogens is 1. The molecule has 0 amide bonds. The van der Waals surface area contributed by atoms with Crippen molar-refractivity contribution in [1.82, 2.24) is 4.57 Å². The van der Waals surface area contributed by atoms with Crippen LogP contribution in [-0.4, -0.2) is 11.2 Å². The lowest BCUT2D eigenvalue weighted by Gasteiger charge is -2.11. The Kier molecular flexibility index (Phi) is 5.37. The SMILES string of the molecule is CCc1ccc(OCCCn2c(C)ccc(C#N)c2=O)cc1. The van der Waals surface area contributed by atoms with Crippen LogP contribution in [-0.2, 0) is 13.0 Å². The molecule has 4 heteroatoms. The smallest absolute Gasteiger partial charge is 0.268 e. The van der Waals surface area contributed by atoms with E-state index in [1.165, 1.54) is 5.56 Å². The first-order chi connectivity index (χ1) is 10.7. The summed E-state index contributed by atoms with van der Waals surface area (Å²) in [6, 6.07) is 13.3. The number of nitrogens with zero attached hydrogens (tertiary/aromatic N) is 2. The second kappa shape index (κ2) is 7.46. The van der Waals surface area contributed by atoms with Crippen molar-refractivity contribution in [2.45, 2.75) is 33.2 Å². The molecule has 0 aliphatic rings. The number of rotatable bonds is 6. The summed E-state index contributed by atoms with van der Waals surface area (Å²) in [7, 11) is 0. The molecule has 0 bridgehead atoms. The maximum absolute atomic E-state index is 12.1. The Morgan fingerprint density at radius 2 is 1.91 bits per heavy atom. The van der Waals surface area contributed by atoms with Gasteiger partial charge in [0.1, 0.15) is 17.4 Å². The number of hydrogen-bond acceptors (Lipinski definition) is 3. The zero-order chi connectivity index (χ0) is 15.9. The molecule has 0 unspecified atom stereocenters. The molecule has 1 aromatic carbocycles. The molecule has 22 heavy (non-hydrogen) atoms. The number of pyridine rings is 1. The summed E-state index contributed by atoms with van der Waals surface area (Å²) in [5, 5.41) is 8.91. The molecule has 2 aromatic rings. The molecule has 0 saturated heterocycles. The Bertz CT molecular complexity index is 724. The second-order valence-electron chi connectivity index (χ2n) is 5.16. The Morgan fingerprint density at radius 3 is 2.55 bits per heavy atom. The van der Waals surface area contributed by atoms with Crippen molar-refractivity contribution in [1.29, 1.82) is 5.26 Å². The van der Waals surface area contributed by atoms with E-state index in [1.54, 1.807) is 16.7 Å². The number of benzene rings is 1. The average molecular weight is 296 g/mol. The third-order valence-electron chi connectivity index (χ3n) is 3.64. The molecule has 0 radical (unpaired) electrons. The van der Waals surface area contributed by atoms with Crippen molar-refractivity contribution in [2.24, 2.45) is 0 Å². The minimum Gasteiger partial charge on any atom is -0.494 e. The van der Waals surface area contributed by atoms with Gasteiger partial charge in [-0.25, -0.2) is 0 Å². The number of hydrogen-bond donors (Lipinski definition) is 0. The van der Waals surface area contributed by atoms with Crippen LogP contribution in [0.25, 0.3) is 0 Å². The maximum Gasteiger partial charge on any atom is 0.268 e. The first kappa shape index (κ1) is 15.8. The van der Waals surface area contributed by atoms with Gasteiger partial charge in [-0.05, 0) is 49.6 Å². The summed E-state index contributed by atoms with van der Waals surface area (Å²) in [6.07, 6.45) is 1.73. The van der Waals surface area contributed by atoms with Gasteiger partial charge in [0, 0.05) is 12.2 Å². The second-order valence-corrected chi connectivity index (χ2v) is 5.16. The highest BCUT2D eigenvalue weighted by molar-refractivity contribution is 5.28. The first-order valence-electron chi connectivity index (χ1n) is 7.48. The Labute approximate surface area is 130 Å². The Morgan fingerprint density at radius 1 is 1.18 bits per heavy atom. The van der Waals surface area contributed by atoms with Gasteiger partial charge in [-0.15, -0.1) is 0 Å². The van der Waals surface area contributed by atoms with Crippen LogP contribution < -0.4 is 10.3 Å². The molecule has 0 aliphatic carbocycles. The number of nitriles is 1. The summed E-state index contributed by atoms with van der Waals surface area (Å²) < 4.78 is 7.31. The van der Waals surface area contributed by atoms with Gasteiger partial charge in [-0.3, -0.25) is 4.79 Å². The molecule has 0 aliphatic heterocycles. The van der Waals surface area contributed by atoms with Crippen molar-refractivity contribution >= 4 is 0 Å². The highest BCUT2D eigenvalue weighted by Gasteiger charge is 2.05. The summed E-state index contributed by atoms with van der Waals surface area (Å²) in [6.45, 7) is 5.07. The molecule has 1 heterocycles. The van der Waals surface area contributed by atoms with Crippen molar-refractivity contribution in [2.75, 3.05) is 6.61 Å². The zero-order valence-corrected chi connectivity index (χ0v) is 13.0. The molecule has 0 atom stereocenters. The van der Waals surface area contributed by atoms with Crippen LogP contribution in [0.3, 0.4) is 0 Å². The molecule has 114 valence electrons. The largest absolute Gasteiger partial charge is 0.494 e. The van der Waals surface area contributed by atoms with Crippen LogP contribution in [0.5, 0.6) is 5.75 Å². The molecular weight excluding hydrogens is 276 g/mol. The van der Waals surface area contributed by atoms with Gasteiger partial charge in [0.25, 0.3) is 5.56 Å². The summed E-state index contributed by atoms with van der Waals surface area (Å²) in [5.74, 6) is 0.840. The number of ether oxygens (including phenoxy) is 1. The fourth-order valence-electron chi connectivity index (χ4n) is 2.27. The van der Waals surface area contributed by atoms with Gasteiger partial charge in [0.05, 0.1) is 6.61 Å². The lowest BCUT2D eigenvalue weighted by molar-refractivity contribution is 0.300. The van der Waals surface area contributed by atoms with Gasteiger partial charge < -0.3 is 9.30 Å². The van der Waals surface area contributed by atoms with E-state index in [0.717, 1.165) is 17.9 Å². The predicted molar refractivity (Wildman–Crippen MR) is 86.1 cm³/mol. The third-order valence-corrected chi connectivity index (χ3v) is 3.64. The first-order valence-corrected chi connectivity index (χ1v) is 7.48. The van der Waals surface area contributed by atoms with Crippen LogP contribution in [0.1, 0.15) is 30.2 Å². The lowest BCUT2D eigenvalue weighted by atomic mass is 10.2. The van der Waals surface area contributed by atoms with Crippen LogP contribution >= 0.6 is 0 Å². The van der Waals surface area contributed by atoms with E-state index >= 15 is 0 Å². The third kappa shape index (κ3) is 3.76. The Hall–Kier alpha value is -2.54. The summed E-state index contributed by atoms with van der Waals surface area (Å²) in [4.78, 5) is 12.1. The monoisotopic (exact) mass is 296 g/mol. The van der Waals surface area contributed by atoms with Crippen molar-refractivity contribution in [3.8, 4) is 11.8 Å². The minimum absolute atomic E-state index is 0.182. The van der Waals surface area contributed by atoms with E-state index < -0.39 is 0 Å². The molecule has 0 N–H and O–H groups in total. The van der Waals surface area contributed by atoms with Crippen molar-refractivity contribution in [3.05, 3.63) is 63.6 Å². The highest BCUT2D eigenvalue weighted by Crippen LogP contribution is 2.12. The van der Waals surface area contributed by atoms with E-state index in [4.69, 9.17) is 10.00 Å². The Balaban J connectivity index is 1.91. The molecule has 4 nitrogen and oxygen atoms in total. The van der Waals surface area contributed by atoms with E-state index in [0.29, 0.717) is 19.6 Å². The normalized spacial score (nSPS) is 10.2. The fourth-order valence-corrected chi connectivity index (χ4v) is 2.27. The molecule has 1 aromatic heterocycles. The van der Waals surface area contributed by atoms with Gasteiger partial charge in [-0.1, -0.05) is 19.1 Å². The quantitative estimate of drug-likeness (QED) is 0.770. The topological polar surface area (TPSA) is 55.0 Å². The molecular formula is C18H20N2O2. The summed E-state index contributed by atoms with van der Waals surface area (Å²) >= 11 is 0. The van der Waals surface area contributed by atoms with E-state index in [2.05, 4.69) is 19.1 Å². The molecule has 0 saturated carbocycles. The fraction of sp³-hybridized carbons (Fsp3) is 0.333. The van der Waals surface area contributed by atoms with Gasteiger partial charge in [0.15, 0.2) is 0 Å². The van der Waals surface area contributed by atoms with Crippen LogP contribution in [0.15, 0.2) is 41.2 Å². The maximum atomic E-state index is 12.1. The standard InChI is InChI=1S/C18H20N2O2/c1-3-15-6-9-17(10-7-15)22-12-4-11-20-14(2)5-8-16(13-19)18(20)21/h5-10H,3-4,11-12H2,1-2H3. The predicted octanol–water partition coefficient (Wildman–Crippen LogP) is 3.06. The van der Waals surface area contributed by atoms with Crippen molar-refractivity contribution < 1.29 is 4.74 Å². The van der Waals surface area contributed by atoms with Gasteiger partial charge >= 0.3 is 0 Å². The lowest BCUT2D eigenvalue weighted by Crippen LogP contribution is -2.25.